The monoisotopic (exact) mass is 406 g/mol. The molecule has 2 unspecified atom stereocenters. The zero-order valence-electron chi connectivity index (χ0n) is 15.1. The number of carbonyl (C=O) groups is 2. The molecule has 0 spiro atoms. The molecule has 0 saturated carbocycles. The molecule has 0 saturated heterocycles. The van der Waals surface area contributed by atoms with Gasteiger partial charge in [-0.25, -0.2) is 9.59 Å². The van der Waals surface area contributed by atoms with Crippen molar-refractivity contribution in [1.29, 1.82) is 0 Å². The third kappa shape index (κ3) is 6.00. The van der Waals surface area contributed by atoms with Crippen LogP contribution in [0.2, 0.25) is 0 Å². The lowest BCUT2D eigenvalue weighted by atomic mass is 10.2. The van der Waals surface area contributed by atoms with Gasteiger partial charge in [0.2, 0.25) is 23.3 Å². The molecule has 0 heterocycles. The zero-order valence-corrected chi connectivity index (χ0v) is 15.1. The first-order valence-electron chi connectivity index (χ1n) is 7.89. The summed E-state index contributed by atoms with van der Waals surface area (Å²) in [6, 6.07) is 0. The van der Waals surface area contributed by atoms with Crippen LogP contribution < -0.4 is 9.47 Å². The Bertz CT molecular complexity index is 673. The second-order valence-corrected chi connectivity index (χ2v) is 5.44. The summed E-state index contributed by atoms with van der Waals surface area (Å²) in [4.78, 5) is 22.0. The maximum atomic E-state index is 14.1. The van der Waals surface area contributed by atoms with Gasteiger partial charge in [-0.3, -0.25) is 0 Å². The minimum Gasteiger partial charge on any atom is -0.484 e. The van der Waals surface area contributed by atoms with Gasteiger partial charge in [0, 0.05) is 12.2 Å². The average molecular weight is 406 g/mol. The number of rotatable bonds is 10. The Balaban J connectivity index is 2.92. The highest BCUT2D eigenvalue weighted by molar-refractivity contribution is 5.81. The summed E-state index contributed by atoms with van der Waals surface area (Å²) in [5.41, 5.74) is 0. The van der Waals surface area contributed by atoms with Crippen LogP contribution >= 0.6 is 0 Å². The largest absolute Gasteiger partial charge is 0.484 e. The van der Waals surface area contributed by atoms with Crippen molar-refractivity contribution >= 4 is 11.9 Å². The smallest absolute Gasteiger partial charge is 0.330 e. The average Bonchev–Trinajstić information content (AvgIpc) is 2.65. The molecule has 0 aliphatic carbocycles. The number of benzene rings is 1. The molecule has 154 valence electrons. The summed E-state index contributed by atoms with van der Waals surface area (Å²) in [6.45, 7) is 7.81. The number of ether oxygens (including phenoxy) is 4. The molecule has 10 heteroatoms. The predicted molar refractivity (Wildman–Crippen MR) is 88.8 cm³/mol. The molecular weight excluding hydrogens is 388 g/mol. The van der Waals surface area contributed by atoms with Crippen LogP contribution in [0.3, 0.4) is 0 Å². The van der Waals surface area contributed by atoms with E-state index in [-0.39, 0.29) is 0 Å². The van der Waals surface area contributed by atoms with E-state index in [0.29, 0.717) is 0 Å². The highest BCUT2D eigenvalue weighted by atomic mass is 19.2. The van der Waals surface area contributed by atoms with E-state index in [1.807, 2.05) is 0 Å². The fraction of sp³-hybridized carbons (Fsp3) is 0.333. The van der Waals surface area contributed by atoms with Crippen molar-refractivity contribution in [2.45, 2.75) is 26.1 Å². The SMILES string of the molecule is C=CC(=O)OC(C)COc1c(F)c(F)c(OCC(C)OC(=O)C=C)c(F)c1F. The highest BCUT2D eigenvalue weighted by Gasteiger charge is 2.29. The van der Waals surface area contributed by atoms with E-state index >= 15 is 0 Å². The molecule has 6 nitrogen and oxygen atoms in total. The molecule has 0 aliphatic heterocycles. The molecular formula is C18H18F4O6. The highest BCUT2D eigenvalue weighted by Crippen LogP contribution is 2.34. The second kappa shape index (κ2) is 10.3. The molecule has 0 fully saturated rings. The molecule has 0 amide bonds. The van der Waals surface area contributed by atoms with Gasteiger partial charge in [-0.05, 0) is 13.8 Å². The van der Waals surface area contributed by atoms with E-state index in [2.05, 4.69) is 13.2 Å². The van der Waals surface area contributed by atoms with Gasteiger partial charge >= 0.3 is 11.9 Å². The summed E-state index contributed by atoms with van der Waals surface area (Å²) in [6.07, 6.45) is -0.245. The summed E-state index contributed by atoms with van der Waals surface area (Å²) in [7, 11) is 0. The molecule has 0 N–H and O–H groups in total. The number of halogens is 4. The fourth-order valence-electron chi connectivity index (χ4n) is 1.81. The van der Waals surface area contributed by atoms with Crippen LogP contribution in [0.5, 0.6) is 11.5 Å². The molecule has 28 heavy (non-hydrogen) atoms. The first-order chi connectivity index (χ1) is 13.1. The van der Waals surface area contributed by atoms with Crippen molar-refractivity contribution in [3.63, 3.8) is 0 Å². The van der Waals surface area contributed by atoms with Crippen molar-refractivity contribution < 1.29 is 46.1 Å². The Hall–Kier alpha value is -3.04. The Morgan fingerprint density at radius 1 is 0.786 bits per heavy atom. The second-order valence-electron chi connectivity index (χ2n) is 5.44. The van der Waals surface area contributed by atoms with Crippen LogP contribution in [0.1, 0.15) is 13.8 Å². The summed E-state index contributed by atoms with van der Waals surface area (Å²) in [5, 5.41) is 0. The molecule has 0 bridgehead atoms. The van der Waals surface area contributed by atoms with E-state index in [0.717, 1.165) is 12.2 Å². The summed E-state index contributed by atoms with van der Waals surface area (Å²) < 4.78 is 75.1. The first kappa shape index (κ1) is 23.0. The van der Waals surface area contributed by atoms with Crippen LogP contribution in [0, 0.1) is 23.3 Å². The van der Waals surface area contributed by atoms with Gasteiger partial charge < -0.3 is 18.9 Å². The molecule has 1 aromatic carbocycles. The quantitative estimate of drug-likeness (QED) is 0.257. The first-order valence-corrected chi connectivity index (χ1v) is 7.89. The van der Waals surface area contributed by atoms with Gasteiger partial charge in [0.25, 0.3) is 0 Å². The lowest BCUT2D eigenvalue weighted by molar-refractivity contribution is -0.144. The fourth-order valence-corrected chi connectivity index (χ4v) is 1.81. The maximum Gasteiger partial charge on any atom is 0.330 e. The number of carbonyl (C=O) groups excluding carboxylic acids is 2. The lowest BCUT2D eigenvalue weighted by Gasteiger charge is -2.17. The number of esters is 2. The van der Waals surface area contributed by atoms with Crippen LogP contribution in [0.15, 0.2) is 25.3 Å². The van der Waals surface area contributed by atoms with Crippen LogP contribution in [-0.2, 0) is 19.1 Å². The van der Waals surface area contributed by atoms with Crippen molar-refractivity contribution in [3.05, 3.63) is 48.6 Å². The van der Waals surface area contributed by atoms with E-state index in [4.69, 9.17) is 18.9 Å². The molecule has 1 aromatic rings. The normalized spacial score (nSPS) is 12.5. The van der Waals surface area contributed by atoms with Gasteiger partial charge in [-0.15, -0.1) is 0 Å². The Morgan fingerprint density at radius 2 is 1.07 bits per heavy atom. The summed E-state index contributed by atoms with van der Waals surface area (Å²) in [5.74, 6) is -11.7. The molecule has 0 aliphatic rings. The molecule has 0 aromatic heterocycles. The van der Waals surface area contributed by atoms with Crippen molar-refractivity contribution in [1.82, 2.24) is 0 Å². The van der Waals surface area contributed by atoms with Crippen molar-refractivity contribution in [2.75, 3.05) is 13.2 Å². The van der Waals surface area contributed by atoms with E-state index in [9.17, 15) is 27.2 Å². The molecule has 2 atom stereocenters. The third-order valence-electron chi connectivity index (χ3n) is 3.08. The Kier molecular flexibility index (Phi) is 8.49. The third-order valence-corrected chi connectivity index (χ3v) is 3.08. The van der Waals surface area contributed by atoms with Gasteiger partial charge in [0.15, 0.2) is 11.5 Å². The topological polar surface area (TPSA) is 71.1 Å². The van der Waals surface area contributed by atoms with Crippen LogP contribution in [0.4, 0.5) is 17.6 Å². The van der Waals surface area contributed by atoms with Crippen molar-refractivity contribution in [2.24, 2.45) is 0 Å². The van der Waals surface area contributed by atoms with Gasteiger partial charge in [0.05, 0.1) is 0 Å². The van der Waals surface area contributed by atoms with Crippen LogP contribution in [-0.4, -0.2) is 37.4 Å². The minimum absolute atomic E-state index is 0.582. The van der Waals surface area contributed by atoms with Crippen LogP contribution in [0.25, 0.3) is 0 Å². The van der Waals surface area contributed by atoms with E-state index in [1.54, 1.807) is 0 Å². The minimum atomic E-state index is -1.84. The van der Waals surface area contributed by atoms with E-state index in [1.165, 1.54) is 13.8 Å². The molecule has 1 rings (SSSR count). The van der Waals surface area contributed by atoms with E-state index < -0.39 is 72.1 Å². The Labute approximate surface area is 158 Å². The molecule has 0 radical (unpaired) electrons. The maximum absolute atomic E-state index is 14.1. The predicted octanol–water partition coefficient (Wildman–Crippen LogP) is 3.24. The van der Waals surface area contributed by atoms with Crippen molar-refractivity contribution in [3.8, 4) is 11.5 Å². The lowest BCUT2D eigenvalue weighted by Crippen LogP contribution is -2.23. The number of hydrogen-bond donors (Lipinski definition) is 0. The van der Waals surface area contributed by atoms with Gasteiger partial charge in [0.1, 0.15) is 25.4 Å². The zero-order chi connectivity index (χ0) is 21.4. The Morgan fingerprint density at radius 3 is 1.32 bits per heavy atom. The summed E-state index contributed by atoms with van der Waals surface area (Å²) >= 11 is 0. The van der Waals surface area contributed by atoms with Gasteiger partial charge in [-0.1, -0.05) is 13.2 Å². The number of hydrogen-bond acceptors (Lipinski definition) is 6. The van der Waals surface area contributed by atoms with Gasteiger partial charge in [-0.2, -0.15) is 17.6 Å². The standard InChI is InChI=1S/C18H18F4O6/c1-5-11(23)27-9(3)7-25-17-13(19)15(21)18(16(22)14(17)20)26-8-10(4)28-12(24)6-2/h5-6,9-10H,1-2,7-8H2,3-4H3.